The van der Waals surface area contributed by atoms with Gasteiger partial charge in [-0.25, -0.2) is 4.39 Å². The second-order valence-corrected chi connectivity index (χ2v) is 5.64. The minimum Gasteiger partial charge on any atom is -0.378 e. The van der Waals surface area contributed by atoms with Crippen LogP contribution in [0.3, 0.4) is 0 Å². The summed E-state index contributed by atoms with van der Waals surface area (Å²) in [5, 5.41) is 3.30. The SMILES string of the molecule is CCNC(=NCCC1CCCO1)N(C)Cc1ccc(F)cc1.I. The summed E-state index contributed by atoms with van der Waals surface area (Å²) >= 11 is 0. The predicted octanol–water partition coefficient (Wildman–Crippen LogP) is 3.41. The van der Waals surface area contributed by atoms with Gasteiger partial charge in [0, 0.05) is 33.3 Å². The van der Waals surface area contributed by atoms with Gasteiger partial charge in [-0.05, 0) is 43.9 Å². The third-order valence-electron chi connectivity index (χ3n) is 3.77. The lowest BCUT2D eigenvalue weighted by atomic mass is 10.2. The molecular weight excluding hydrogens is 408 g/mol. The summed E-state index contributed by atoms with van der Waals surface area (Å²) in [7, 11) is 2.00. The van der Waals surface area contributed by atoms with Crippen molar-refractivity contribution in [1.82, 2.24) is 10.2 Å². The molecule has 1 aliphatic heterocycles. The molecule has 0 amide bonds. The molecule has 1 saturated heterocycles. The molecule has 1 aromatic carbocycles. The molecule has 0 aromatic heterocycles. The molecule has 130 valence electrons. The third kappa shape index (κ3) is 7.03. The van der Waals surface area contributed by atoms with Crippen LogP contribution in [0.1, 0.15) is 31.7 Å². The van der Waals surface area contributed by atoms with Gasteiger partial charge < -0.3 is 15.0 Å². The molecule has 6 heteroatoms. The summed E-state index contributed by atoms with van der Waals surface area (Å²) in [4.78, 5) is 6.73. The smallest absolute Gasteiger partial charge is 0.193 e. The quantitative estimate of drug-likeness (QED) is 0.423. The van der Waals surface area contributed by atoms with E-state index >= 15 is 0 Å². The van der Waals surface area contributed by atoms with Crippen LogP contribution in [0.15, 0.2) is 29.3 Å². The number of nitrogens with one attached hydrogen (secondary N) is 1. The molecule has 0 bridgehead atoms. The number of benzene rings is 1. The third-order valence-corrected chi connectivity index (χ3v) is 3.77. The molecule has 1 N–H and O–H groups in total. The number of hydrogen-bond acceptors (Lipinski definition) is 2. The van der Waals surface area contributed by atoms with Crippen molar-refractivity contribution in [3.05, 3.63) is 35.6 Å². The van der Waals surface area contributed by atoms with Gasteiger partial charge >= 0.3 is 0 Å². The number of aliphatic imine (C=N–C) groups is 1. The molecule has 23 heavy (non-hydrogen) atoms. The Bertz CT molecular complexity index is 475. The lowest BCUT2D eigenvalue weighted by molar-refractivity contribution is 0.106. The molecule has 0 radical (unpaired) electrons. The highest BCUT2D eigenvalue weighted by Crippen LogP contribution is 2.15. The van der Waals surface area contributed by atoms with E-state index in [0.29, 0.717) is 12.6 Å². The first-order valence-electron chi connectivity index (χ1n) is 8.04. The number of guanidine groups is 1. The number of rotatable bonds is 6. The zero-order chi connectivity index (χ0) is 15.8. The molecule has 1 heterocycles. The highest BCUT2D eigenvalue weighted by Gasteiger charge is 2.15. The summed E-state index contributed by atoms with van der Waals surface area (Å²) in [5.41, 5.74) is 1.06. The van der Waals surface area contributed by atoms with Gasteiger partial charge in [-0.2, -0.15) is 0 Å². The predicted molar refractivity (Wildman–Crippen MR) is 103 cm³/mol. The molecule has 1 aromatic rings. The maximum absolute atomic E-state index is 13.0. The lowest BCUT2D eigenvalue weighted by Crippen LogP contribution is -2.38. The van der Waals surface area contributed by atoms with Crippen LogP contribution in [0.4, 0.5) is 4.39 Å². The summed E-state index contributed by atoms with van der Waals surface area (Å²) in [6.45, 7) is 5.24. The van der Waals surface area contributed by atoms with Crippen molar-refractivity contribution in [2.75, 3.05) is 26.7 Å². The Morgan fingerprint density at radius 1 is 1.39 bits per heavy atom. The largest absolute Gasteiger partial charge is 0.378 e. The normalized spacial score (nSPS) is 17.7. The van der Waals surface area contributed by atoms with Crippen LogP contribution < -0.4 is 5.32 Å². The Labute approximate surface area is 155 Å². The van der Waals surface area contributed by atoms with E-state index in [1.807, 2.05) is 19.2 Å². The van der Waals surface area contributed by atoms with Crippen LogP contribution in [0.2, 0.25) is 0 Å². The minimum atomic E-state index is -0.205. The maximum Gasteiger partial charge on any atom is 0.193 e. The van der Waals surface area contributed by atoms with E-state index in [0.717, 1.165) is 44.1 Å². The van der Waals surface area contributed by atoms with Crippen molar-refractivity contribution >= 4 is 29.9 Å². The van der Waals surface area contributed by atoms with Gasteiger partial charge in [-0.1, -0.05) is 12.1 Å². The van der Waals surface area contributed by atoms with Crippen LogP contribution in [0.25, 0.3) is 0 Å². The molecule has 4 nitrogen and oxygen atoms in total. The van der Waals surface area contributed by atoms with Gasteiger partial charge in [-0.15, -0.1) is 24.0 Å². The average molecular weight is 435 g/mol. The van der Waals surface area contributed by atoms with E-state index in [1.54, 1.807) is 0 Å². The van der Waals surface area contributed by atoms with E-state index in [1.165, 1.54) is 18.6 Å². The van der Waals surface area contributed by atoms with E-state index in [2.05, 4.69) is 22.1 Å². The Balaban J connectivity index is 0.00000264. The lowest BCUT2D eigenvalue weighted by Gasteiger charge is -2.22. The van der Waals surface area contributed by atoms with Gasteiger partial charge in [0.25, 0.3) is 0 Å². The van der Waals surface area contributed by atoms with Crippen molar-refractivity contribution in [1.29, 1.82) is 0 Å². The fourth-order valence-electron chi connectivity index (χ4n) is 2.59. The van der Waals surface area contributed by atoms with Gasteiger partial charge in [0.05, 0.1) is 6.10 Å². The van der Waals surface area contributed by atoms with Crippen molar-refractivity contribution in [3.63, 3.8) is 0 Å². The highest BCUT2D eigenvalue weighted by molar-refractivity contribution is 14.0. The molecule has 1 aliphatic rings. The topological polar surface area (TPSA) is 36.9 Å². The second-order valence-electron chi connectivity index (χ2n) is 5.64. The average Bonchev–Trinajstić information content (AvgIpc) is 3.02. The van der Waals surface area contributed by atoms with Crippen molar-refractivity contribution in [2.45, 2.75) is 38.8 Å². The molecule has 1 unspecified atom stereocenters. The molecule has 0 spiro atoms. The first-order chi connectivity index (χ1) is 10.7. The fraction of sp³-hybridized carbons (Fsp3) is 0.588. The summed E-state index contributed by atoms with van der Waals surface area (Å²) in [6, 6.07) is 6.60. The Morgan fingerprint density at radius 3 is 2.74 bits per heavy atom. The van der Waals surface area contributed by atoms with Crippen molar-refractivity contribution in [3.8, 4) is 0 Å². The van der Waals surface area contributed by atoms with Crippen LogP contribution in [0, 0.1) is 5.82 Å². The summed E-state index contributed by atoms with van der Waals surface area (Å²) in [5.74, 6) is 0.674. The van der Waals surface area contributed by atoms with Gasteiger partial charge in [0.2, 0.25) is 0 Å². The Kier molecular flexibility index (Phi) is 9.47. The van der Waals surface area contributed by atoms with Crippen molar-refractivity contribution < 1.29 is 9.13 Å². The van der Waals surface area contributed by atoms with Gasteiger partial charge in [0.1, 0.15) is 5.82 Å². The highest BCUT2D eigenvalue weighted by atomic mass is 127. The Morgan fingerprint density at radius 2 is 2.13 bits per heavy atom. The zero-order valence-corrected chi connectivity index (χ0v) is 16.3. The zero-order valence-electron chi connectivity index (χ0n) is 13.9. The monoisotopic (exact) mass is 435 g/mol. The molecule has 2 rings (SSSR count). The van der Waals surface area contributed by atoms with E-state index in [9.17, 15) is 4.39 Å². The number of ether oxygens (including phenoxy) is 1. The first kappa shape index (κ1) is 20.2. The van der Waals surface area contributed by atoms with Crippen LogP contribution in [-0.4, -0.2) is 43.7 Å². The van der Waals surface area contributed by atoms with E-state index in [-0.39, 0.29) is 29.8 Å². The van der Waals surface area contributed by atoms with Crippen LogP contribution in [-0.2, 0) is 11.3 Å². The van der Waals surface area contributed by atoms with Crippen LogP contribution >= 0.6 is 24.0 Å². The minimum absolute atomic E-state index is 0. The number of halogens is 2. The van der Waals surface area contributed by atoms with Gasteiger partial charge in [-0.3, -0.25) is 4.99 Å². The number of nitrogens with zero attached hydrogens (tertiary/aromatic N) is 2. The Hall–Kier alpha value is -0.890. The number of hydrogen-bond donors (Lipinski definition) is 1. The van der Waals surface area contributed by atoms with Gasteiger partial charge in [0.15, 0.2) is 5.96 Å². The molecule has 1 fully saturated rings. The fourth-order valence-corrected chi connectivity index (χ4v) is 2.59. The standard InChI is InChI=1S/C17H26FN3O.HI/c1-3-19-17(20-11-10-16-5-4-12-22-16)21(2)13-14-6-8-15(18)9-7-14;/h6-9,16H,3-5,10-13H2,1-2H3,(H,19,20);1H. The second kappa shape index (κ2) is 10.8. The van der Waals surface area contributed by atoms with E-state index in [4.69, 9.17) is 4.74 Å². The van der Waals surface area contributed by atoms with E-state index < -0.39 is 0 Å². The summed E-state index contributed by atoms with van der Waals surface area (Å²) < 4.78 is 18.6. The molecule has 0 aliphatic carbocycles. The molecule has 1 atom stereocenters. The maximum atomic E-state index is 13.0. The molecule has 0 saturated carbocycles. The first-order valence-corrected chi connectivity index (χ1v) is 8.04. The molecular formula is C17H27FIN3O. The van der Waals surface area contributed by atoms with Crippen molar-refractivity contribution in [2.24, 2.45) is 4.99 Å². The van der Waals surface area contributed by atoms with Crippen LogP contribution in [0.5, 0.6) is 0 Å². The summed E-state index contributed by atoms with van der Waals surface area (Å²) in [6.07, 6.45) is 3.66.